The lowest BCUT2D eigenvalue weighted by Crippen LogP contribution is -2.34. The molecule has 1 amide bonds. The van der Waals surface area contributed by atoms with E-state index in [4.69, 9.17) is 0 Å². The van der Waals surface area contributed by atoms with E-state index in [2.05, 4.69) is 15.5 Å². The summed E-state index contributed by atoms with van der Waals surface area (Å²) in [6.07, 6.45) is -2.88. The van der Waals surface area contributed by atoms with Crippen molar-refractivity contribution in [3.05, 3.63) is 34.9 Å². The first-order valence-electron chi connectivity index (χ1n) is 7.44. The van der Waals surface area contributed by atoms with Crippen molar-refractivity contribution < 1.29 is 18.0 Å². The van der Waals surface area contributed by atoms with Crippen molar-refractivity contribution in [2.45, 2.75) is 46.0 Å². The molecule has 2 atom stereocenters. The van der Waals surface area contributed by atoms with Gasteiger partial charge in [0.25, 0.3) is 0 Å². The van der Waals surface area contributed by atoms with Crippen molar-refractivity contribution in [2.75, 3.05) is 0 Å². The number of nitrogens with one attached hydrogen (secondary N) is 1. The van der Waals surface area contributed by atoms with E-state index in [1.165, 1.54) is 13.8 Å². The summed E-state index contributed by atoms with van der Waals surface area (Å²) in [5.74, 6) is -0.411. The maximum atomic E-state index is 12.7. The standard InChI is InChI=1S/C15H20F3N5O/c1-8-6-13(15(16,17)18)21-23(8)11(4)14(24)20-9(2)12-7-19-22(5)10(12)3/h6-7,9,11H,1-5H3,(H,20,24). The van der Waals surface area contributed by atoms with Gasteiger partial charge >= 0.3 is 6.18 Å². The summed E-state index contributed by atoms with van der Waals surface area (Å²) >= 11 is 0. The molecular formula is C15H20F3N5O. The largest absolute Gasteiger partial charge is 0.435 e. The van der Waals surface area contributed by atoms with Gasteiger partial charge in [0.05, 0.1) is 12.2 Å². The minimum atomic E-state index is -4.54. The molecule has 0 aliphatic heterocycles. The fourth-order valence-electron chi connectivity index (χ4n) is 2.48. The van der Waals surface area contributed by atoms with Crippen LogP contribution in [0.25, 0.3) is 0 Å². The molecule has 0 saturated carbocycles. The molecular weight excluding hydrogens is 323 g/mol. The summed E-state index contributed by atoms with van der Waals surface area (Å²) < 4.78 is 41.0. The number of aryl methyl sites for hydroxylation is 2. The van der Waals surface area contributed by atoms with Crippen LogP contribution in [0.1, 0.15) is 48.6 Å². The monoisotopic (exact) mass is 343 g/mol. The third kappa shape index (κ3) is 3.44. The molecule has 0 bridgehead atoms. The highest BCUT2D eigenvalue weighted by Crippen LogP contribution is 2.29. The minimum absolute atomic E-state index is 0.273. The van der Waals surface area contributed by atoms with E-state index in [9.17, 15) is 18.0 Å². The average Bonchev–Trinajstić information content (AvgIpc) is 3.02. The number of amides is 1. The zero-order valence-corrected chi connectivity index (χ0v) is 14.1. The van der Waals surface area contributed by atoms with Crippen molar-refractivity contribution >= 4 is 5.91 Å². The van der Waals surface area contributed by atoms with Crippen LogP contribution in [0.2, 0.25) is 0 Å². The van der Waals surface area contributed by atoms with E-state index < -0.39 is 23.8 Å². The summed E-state index contributed by atoms with van der Waals surface area (Å²) in [6, 6.07) is -0.245. The van der Waals surface area contributed by atoms with Crippen LogP contribution in [-0.2, 0) is 18.0 Å². The van der Waals surface area contributed by atoms with Crippen molar-refractivity contribution in [2.24, 2.45) is 7.05 Å². The number of aromatic nitrogens is 4. The van der Waals surface area contributed by atoms with Gasteiger partial charge in [0, 0.05) is 24.0 Å². The first-order valence-corrected chi connectivity index (χ1v) is 7.44. The topological polar surface area (TPSA) is 64.7 Å². The second kappa shape index (κ2) is 6.29. The zero-order chi connectivity index (χ0) is 18.2. The molecule has 0 aliphatic rings. The number of carbonyl (C=O) groups is 1. The molecule has 0 saturated heterocycles. The molecule has 0 radical (unpaired) electrons. The number of alkyl halides is 3. The summed E-state index contributed by atoms with van der Waals surface area (Å²) in [7, 11) is 1.79. The summed E-state index contributed by atoms with van der Waals surface area (Å²) in [5, 5.41) is 10.4. The lowest BCUT2D eigenvalue weighted by Gasteiger charge is -2.19. The lowest BCUT2D eigenvalue weighted by atomic mass is 10.1. The van der Waals surface area contributed by atoms with Crippen molar-refractivity contribution in [1.29, 1.82) is 0 Å². The predicted octanol–water partition coefficient (Wildman–Crippen LogP) is 2.69. The number of carbonyl (C=O) groups excluding carboxylic acids is 1. The van der Waals surface area contributed by atoms with Gasteiger partial charge in [-0.15, -0.1) is 0 Å². The van der Waals surface area contributed by atoms with Gasteiger partial charge in [0.15, 0.2) is 5.69 Å². The van der Waals surface area contributed by atoms with Crippen LogP contribution in [0.3, 0.4) is 0 Å². The first kappa shape index (κ1) is 18.0. The Balaban J connectivity index is 2.15. The Kier molecular flexibility index (Phi) is 4.73. The zero-order valence-electron chi connectivity index (χ0n) is 14.1. The predicted molar refractivity (Wildman–Crippen MR) is 81.2 cm³/mol. The highest BCUT2D eigenvalue weighted by atomic mass is 19.4. The molecule has 0 fully saturated rings. The molecule has 9 heteroatoms. The Labute approximate surface area is 137 Å². The van der Waals surface area contributed by atoms with E-state index >= 15 is 0 Å². The van der Waals surface area contributed by atoms with Gasteiger partial charge in [-0.05, 0) is 33.8 Å². The van der Waals surface area contributed by atoms with Gasteiger partial charge in [-0.3, -0.25) is 14.2 Å². The molecule has 132 valence electrons. The molecule has 6 nitrogen and oxygen atoms in total. The summed E-state index contributed by atoms with van der Waals surface area (Å²) in [6.45, 7) is 6.67. The van der Waals surface area contributed by atoms with Gasteiger partial charge in [0.1, 0.15) is 6.04 Å². The number of hydrogen-bond donors (Lipinski definition) is 1. The smallest absolute Gasteiger partial charge is 0.348 e. The van der Waals surface area contributed by atoms with E-state index in [1.807, 2.05) is 6.92 Å². The fourth-order valence-corrected chi connectivity index (χ4v) is 2.48. The van der Waals surface area contributed by atoms with Gasteiger partial charge in [-0.1, -0.05) is 0 Å². The van der Waals surface area contributed by atoms with Crippen LogP contribution >= 0.6 is 0 Å². The van der Waals surface area contributed by atoms with Crippen LogP contribution in [0.5, 0.6) is 0 Å². The number of nitrogens with zero attached hydrogens (tertiary/aromatic N) is 4. The van der Waals surface area contributed by atoms with Crippen LogP contribution in [0.15, 0.2) is 12.3 Å². The van der Waals surface area contributed by atoms with Crippen LogP contribution in [0, 0.1) is 13.8 Å². The normalized spacial score (nSPS) is 14.5. The molecule has 2 aromatic rings. The molecule has 24 heavy (non-hydrogen) atoms. The van der Waals surface area contributed by atoms with E-state index in [0.717, 1.165) is 22.0 Å². The first-order chi connectivity index (χ1) is 11.0. The maximum Gasteiger partial charge on any atom is 0.435 e. The Bertz CT molecular complexity index is 747. The Morgan fingerprint density at radius 1 is 1.29 bits per heavy atom. The Morgan fingerprint density at radius 2 is 1.92 bits per heavy atom. The van der Waals surface area contributed by atoms with Gasteiger partial charge in [-0.2, -0.15) is 23.4 Å². The molecule has 0 aliphatic carbocycles. The highest BCUT2D eigenvalue weighted by molar-refractivity contribution is 5.80. The number of rotatable bonds is 4. The number of hydrogen-bond acceptors (Lipinski definition) is 3. The lowest BCUT2D eigenvalue weighted by molar-refractivity contribution is -0.142. The molecule has 2 unspecified atom stereocenters. The van der Waals surface area contributed by atoms with E-state index in [-0.39, 0.29) is 11.7 Å². The molecule has 1 N–H and O–H groups in total. The second-order valence-electron chi connectivity index (χ2n) is 5.83. The summed E-state index contributed by atoms with van der Waals surface area (Å²) in [5.41, 5.74) is 1.03. The van der Waals surface area contributed by atoms with Crippen LogP contribution < -0.4 is 5.32 Å². The van der Waals surface area contributed by atoms with Crippen LogP contribution in [0.4, 0.5) is 13.2 Å². The number of halogens is 3. The SMILES string of the molecule is Cc1c(C(C)NC(=O)C(C)n2nc(C(F)(F)F)cc2C)cnn1C. The van der Waals surface area contributed by atoms with Crippen molar-refractivity contribution in [1.82, 2.24) is 24.9 Å². The van der Waals surface area contributed by atoms with Gasteiger partial charge in [0.2, 0.25) is 5.91 Å². The van der Waals surface area contributed by atoms with Crippen LogP contribution in [-0.4, -0.2) is 25.5 Å². The van der Waals surface area contributed by atoms with Crippen molar-refractivity contribution in [3.63, 3.8) is 0 Å². The molecule has 0 spiro atoms. The highest BCUT2D eigenvalue weighted by Gasteiger charge is 2.35. The molecule has 2 heterocycles. The molecule has 2 aromatic heterocycles. The fraction of sp³-hybridized carbons (Fsp3) is 0.533. The quantitative estimate of drug-likeness (QED) is 0.928. The third-order valence-electron chi connectivity index (χ3n) is 4.06. The summed E-state index contributed by atoms with van der Waals surface area (Å²) in [4.78, 5) is 12.4. The molecule has 2 rings (SSSR count). The van der Waals surface area contributed by atoms with Gasteiger partial charge in [-0.25, -0.2) is 0 Å². The van der Waals surface area contributed by atoms with E-state index in [0.29, 0.717) is 0 Å². The second-order valence-corrected chi connectivity index (χ2v) is 5.83. The van der Waals surface area contributed by atoms with E-state index in [1.54, 1.807) is 24.9 Å². The van der Waals surface area contributed by atoms with Gasteiger partial charge < -0.3 is 5.32 Å². The maximum absolute atomic E-state index is 12.7. The average molecular weight is 343 g/mol. The Hall–Kier alpha value is -2.32. The minimum Gasteiger partial charge on any atom is -0.348 e. The molecule has 0 aromatic carbocycles. The third-order valence-corrected chi connectivity index (χ3v) is 4.06. The Morgan fingerprint density at radius 3 is 2.38 bits per heavy atom. The van der Waals surface area contributed by atoms with Crippen molar-refractivity contribution in [3.8, 4) is 0 Å².